The predicted octanol–water partition coefficient (Wildman–Crippen LogP) is 3.94. The number of guanidine groups is 1. The molecule has 4 heterocycles. The highest BCUT2D eigenvalue weighted by atomic mass is 35.5. The van der Waals surface area contributed by atoms with Gasteiger partial charge in [-0.2, -0.15) is 0 Å². The lowest BCUT2D eigenvalue weighted by Crippen LogP contribution is -2.38. The number of aromatic nitrogens is 2. The first kappa shape index (κ1) is 18.4. The number of rotatable bonds is 5. The Morgan fingerprint density at radius 1 is 1.32 bits per heavy atom. The average Bonchev–Trinajstić information content (AvgIpc) is 3.36. The first-order chi connectivity index (χ1) is 13.4. The van der Waals surface area contributed by atoms with Gasteiger partial charge in [0.2, 0.25) is 5.89 Å². The number of nitrogens with one attached hydrogen (secondary N) is 2. The van der Waals surface area contributed by atoms with Crippen LogP contribution in [0.1, 0.15) is 11.7 Å². The van der Waals surface area contributed by atoms with Crippen LogP contribution >= 0.6 is 34.3 Å². The predicted molar refractivity (Wildman–Crippen MR) is 109 cm³/mol. The fraction of sp³-hybridized carbons (Fsp3) is 0.0588. The summed E-state index contributed by atoms with van der Waals surface area (Å²) in [5.74, 6) is -1.21. The van der Waals surface area contributed by atoms with Crippen molar-refractivity contribution in [2.24, 2.45) is 5.73 Å². The number of aliphatic carboxylic acids is 1. The molecule has 0 amide bonds. The maximum Gasteiger partial charge on any atom is 0.332 e. The van der Waals surface area contributed by atoms with Gasteiger partial charge < -0.3 is 20.6 Å². The van der Waals surface area contributed by atoms with Crippen LogP contribution < -0.4 is 11.1 Å². The lowest BCUT2D eigenvalue weighted by Gasteiger charge is -2.12. The Morgan fingerprint density at radius 3 is 2.79 bits per heavy atom. The Bertz CT molecular complexity index is 1170. The summed E-state index contributed by atoms with van der Waals surface area (Å²) < 4.78 is 7.43. The standard InChI is InChI=1S/C17H12ClN5O3S2/c18-11-4-3-9(28-11)14-12(13(16(24)25)23-17(19)20)22-15(26-14)10-6-7-8(27-10)2-1-5-21-7/h1-6,13H,(H,24,25)(H4,19,20,23). The van der Waals surface area contributed by atoms with Gasteiger partial charge in [0.15, 0.2) is 17.8 Å². The first-order valence-corrected chi connectivity index (χ1v) is 9.88. The monoisotopic (exact) mass is 433 g/mol. The highest BCUT2D eigenvalue weighted by Gasteiger charge is 2.30. The summed E-state index contributed by atoms with van der Waals surface area (Å²) in [5, 5.41) is 19.4. The molecule has 0 saturated heterocycles. The summed E-state index contributed by atoms with van der Waals surface area (Å²) >= 11 is 8.69. The van der Waals surface area contributed by atoms with E-state index in [4.69, 9.17) is 27.2 Å². The summed E-state index contributed by atoms with van der Waals surface area (Å²) in [5.41, 5.74) is 6.26. The molecule has 8 nitrogen and oxygen atoms in total. The van der Waals surface area contributed by atoms with E-state index in [-0.39, 0.29) is 17.3 Å². The zero-order valence-corrected chi connectivity index (χ0v) is 16.4. The molecule has 0 aliphatic carbocycles. The number of fused-ring (bicyclic) bond motifs is 1. The van der Waals surface area contributed by atoms with Crippen LogP contribution in [-0.4, -0.2) is 27.0 Å². The Hall–Kier alpha value is -2.95. The minimum absolute atomic E-state index is 0.113. The number of pyridine rings is 1. The van der Waals surface area contributed by atoms with Crippen molar-refractivity contribution in [2.45, 2.75) is 6.04 Å². The lowest BCUT2D eigenvalue weighted by molar-refractivity contribution is -0.139. The van der Waals surface area contributed by atoms with E-state index in [2.05, 4.69) is 15.3 Å². The van der Waals surface area contributed by atoms with E-state index in [0.29, 0.717) is 14.1 Å². The van der Waals surface area contributed by atoms with E-state index >= 15 is 0 Å². The molecule has 0 aliphatic rings. The summed E-state index contributed by atoms with van der Waals surface area (Å²) in [6.07, 6.45) is 1.69. The number of carboxylic acid groups (broad SMARTS) is 1. The number of hydrogen-bond acceptors (Lipinski definition) is 7. The maximum atomic E-state index is 11.8. The van der Waals surface area contributed by atoms with Crippen LogP contribution in [-0.2, 0) is 4.79 Å². The van der Waals surface area contributed by atoms with Gasteiger partial charge in [0.25, 0.3) is 0 Å². The maximum absolute atomic E-state index is 11.8. The molecule has 0 aliphatic heterocycles. The number of hydrogen-bond donors (Lipinski definition) is 4. The molecule has 1 unspecified atom stereocenters. The van der Waals surface area contributed by atoms with Crippen LogP contribution in [0.25, 0.3) is 31.6 Å². The van der Waals surface area contributed by atoms with Gasteiger partial charge >= 0.3 is 5.97 Å². The van der Waals surface area contributed by atoms with Crippen molar-refractivity contribution in [3.05, 3.63) is 46.6 Å². The van der Waals surface area contributed by atoms with Crippen LogP contribution in [0.15, 0.2) is 40.9 Å². The van der Waals surface area contributed by atoms with Crippen molar-refractivity contribution >= 4 is 56.4 Å². The van der Waals surface area contributed by atoms with E-state index in [1.165, 1.54) is 22.7 Å². The number of carboxylic acids is 1. The summed E-state index contributed by atoms with van der Waals surface area (Å²) in [6, 6.07) is 7.65. The SMILES string of the molecule is N=C(N)NC(C(=O)O)c1nc(-c2cc3ncccc3s2)oc1-c1ccc(Cl)s1. The number of halogens is 1. The zero-order chi connectivity index (χ0) is 19.8. The highest BCUT2D eigenvalue weighted by Crippen LogP contribution is 2.40. The van der Waals surface area contributed by atoms with Gasteiger partial charge in [0, 0.05) is 6.20 Å². The van der Waals surface area contributed by atoms with Crippen molar-refractivity contribution in [1.29, 1.82) is 5.41 Å². The fourth-order valence-electron chi connectivity index (χ4n) is 2.62. The first-order valence-electron chi connectivity index (χ1n) is 7.87. The van der Waals surface area contributed by atoms with E-state index in [0.717, 1.165) is 10.2 Å². The van der Waals surface area contributed by atoms with Crippen molar-refractivity contribution in [3.63, 3.8) is 0 Å². The molecule has 0 fully saturated rings. The molecule has 0 aromatic carbocycles. The Morgan fingerprint density at radius 2 is 2.14 bits per heavy atom. The second-order valence-electron chi connectivity index (χ2n) is 5.66. The third kappa shape index (κ3) is 3.44. The zero-order valence-electron chi connectivity index (χ0n) is 14.0. The molecule has 0 spiro atoms. The van der Waals surface area contributed by atoms with Gasteiger partial charge in [-0.15, -0.1) is 22.7 Å². The number of thiophene rings is 2. The third-order valence-corrected chi connectivity index (χ3v) is 6.08. The summed E-state index contributed by atoms with van der Waals surface area (Å²) in [7, 11) is 0. The molecule has 1 atom stereocenters. The van der Waals surface area contributed by atoms with Crippen LogP contribution in [0.4, 0.5) is 0 Å². The summed E-state index contributed by atoms with van der Waals surface area (Å²) in [4.78, 5) is 21.8. The molecular formula is C17H12ClN5O3S2. The number of oxazole rings is 1. The van der Waals surface area contributed by atoms with Gasteiger partial charge in [0.1, 0.15) is 5.69 Å². The van der Waals surface area contributed by atoms with E-state index in [1.807, 2.05) is 18.2 Å². The smallest absolute Gasteiger partial charge is 0.332 e. The van der Waals surface area contributed by atoms with E-state index < -0.39 is 18.0 Å². The normalized spacial score (nSPS) is 12.2. The van der Waals surface area contributed by atoms with Gasteiger partial charge in [-0.3, -0.25) is 10.4 Å². The average molecular weight is 434 g/mol. The van der Waals surface area contributed by atoms with Crippen LogP contribution in [0.2, 0.25) is 4.34 Å². The van der Waals surface area contributed by atoms with Gasteiger partial charge in [0.05, 0.1) is 24.3 Å². The molecule has 0 radical (unpaired) electrons. The van der Waals surface area contributed by atoms with Crippen molar-refractivity contribution in [1.82, 2.24) is 15.3 Å². The second-order valence-corrected chi connectivity index (χ2v) is 8.46. The van der Waals surface area contributed by atoms with Crippen LogP contribution in [0.3, 0.4) is 0 Å². The molecule has 0 saturated carbocycles. The number of nitrogens with zero attached hydrogens (tertiary/aromatic N) is 2. The number of carbonyl (C=O) groups is 1. The van der Waals surface area contributed by atoms with Gasteiger partial charge in [-0.1, -0.05) is 11.6 Å². The minimum Gasteiger partial charge on any atom is -0.479 e. The Balaban J connectivity index is 1.88. The topological polar surface area (TPSA) is 138 Å². The Kier molecular flexibility index (Phi) is 4.75. The third-order valence-electron chi connectivity index (χ3n) is 3.77. The van der Waals surface area contributed by atoms with E-state index in [1.54, 1.807) is 18.3 Å². The molecule has 5 N–H and O–H groups in total. The molecule has 11 heteroatoms. The minimum atomic E-state index is -1.35. The number of nitrogens with two attached hydrogens (primary N) is 1. The molecule has 4 aromatic rings. The quantitative estimate of drug-likeness (QED) is 0.276. The fourth-order valence-corrected chi connectivity index (χ4v) is 4.60. The molecular weight excluding hydrogens is 422 g/mol. The Labute approximate surface area is 171 Å². The molecule has 4 rings (SSSR count). The molecule has 4 aromatic heterocycles. The lowest BCUT2D eigenvalue weighted by atomic mass is 10.1. The van der Waals surface area contributed by atoms with Gasteiger partial charge in [-0.05, 0) is 30.3 Å². The van der Waals surface area contributed by atoms with Crippen LogP contribution in [0, 0.1) is 5.41 Å². The van der Waals surface area contributed by atoms with Crippen LogP contribution in [0.5, 0.6) is 0 Å². The largest absolute Gasteiger partial charge is 0.479 e. The molecule has 142 valence electrons. The molecule has 0 bridgehead atoms. The van der Waals surface area contributed by atoms with Crippen molar-refractivity contribution < 1.29 is 14.3 Å². The van der Waals surface area contributed by atoms with Gasteiger partial charge in [-0.25, -0.2) is 9.78 Å². The molecule has 28 heavy (non-hydrogen) atoms. The van der Waals surface area contributed by atoms with Crippen molar-refractivity contribution in [3.8, 4) is 21.4 Å². The summed E-state index contributed by atoms with van der Waals surface area (Å²) in [6.45, 7) is 0. The van der Waals surface area contributed by atoms with Crippen molar-refractivity contribution in [2.75, 3.05) is 0 Å². The highest BCUT2D eigenvalue weighted by molar-refractivity contribution is 7.22. The van der Waals surface area contributed by atoms with E-state index in [9.17, 15) is 9.90 Å². The second kappa shape index (κ2) is 7.23.